The number of carbonyl (C=O) groups excluding carboxylic acids is 1. The van der Waals surface area contributed by atoms with Crippen molar-refractivity contribution in [2.24, 2.45) is 5.92 Å². The Kier molecular flexibility index (Phi) is 6.84. The van der Waals surface area contributed by atoms with E-state index in [9.17, 15) is 4.79 Å². The monoisotopic (exact) mass is 371 g/mol. The number of aromatic nitrogens is 2. The third kappa shape index (κ3) is 5.80. The summed E-state index contributed by atoms with van der Waals surface area (Å²) in [7, 11) is 4.09. The Morgan fingerprint density at radius 2 is 2.15 bits per heavy atom. The van der Waals surface area contributed by atoms with Crippen LogP contribution in [0.5, 0.6) is 0 Å². The highest BCUT2D eigenvalue weighted by Crippen LogP contribution is 2.09. The molecule has 0 aliphatic carbocycles. The van der Waals surface area contributed by atoms with Crippen molar-refractivity contribution in [2.75, 3.05) is 53.5 Å². The molecule has 1 atom stereocenters. The number of hydrogen-bond acceptors (Lipinski definition) is 4. The molecule has 1 saturated heterocycles. The van der Waals surface area contributed by atoms with Gasteiger partial charge in [-0.2, -0.15) is 5.10 Å². The van der Waals surface area contributed by atoms with Gasteiger partial charge in [-0.25, -0.2) is 9.48 Å². The van der Waals surface area contributed by atoms with Crippen LogP contribution in [0.4, 0.5) is 4.79 Å². The lowest BCUT2D eigenvalue weighted by Crippen LogP contribution is -2.44. The van der Waals surface area contributed by atoms with Crippen molar-refractivity contribution in [3.05, 3.63) is 48.3 Å². The minimum atomic E-state index is -0.0142. The molecule has 0 spiro atoms. The van der Waals surface area contributed by atoms with E-state index in [1.54, 1.807) is 0 Å². The second-order valence-corrected chi connectivity index (χ2v) is 7.26. The zero-order valence-electron chi connectivity index (χ0n) is 16.2. The van der Waals surface area contributed by atoms with Crippen molar-refractivity contribution < 1.29 is 9.53 Å². The quantitative estimate of drug-likeness (QED) is 0.838. The largest absolute Gasteiger partial charge is 0.379 e. The number of hydrogen-bond donors (Lipinski definition) is 1. The molecule has 27 heavy (non-hydrogen) atoms. The summed E-state index contributed by atoms with van der Waals surface area (Å²) in [4.78, 5) is 16.5. The first kappa shape index (κ1) is 19.4. The molecular weight excluding hydrogens is 342 g/mol. The maximum atomic E-state index is 12.5. The molecule has 0 saturated carbocycles. The van der Waals surface area contributed by atoms with E-state index in [-0.39, 0.29) is 6.03 Å². The van der Waals surface area contributed by atoms with Gasteiger partial charge in [-0.15, -0.1) is 0 Å². The van der Waals surface area contributed by atoms with Crippen LogP contribution in [-0.4, -0.2) is 79.1 Å². The van der Waals surface area contributed by atoms with E-state index in [4.69, 9.17) is 4.74 Å². The van der Waals surface area contributed by atoms with Gasteiger partial charge in [-0.05, 0) is 38.2 Å². The van der Waals surface area contributed by atoms with Crippen molar-refractivity contribution in [1.29, 1.82) is 0 Å². The Bertz CT molecular complexity index is 716. The van der Waals surface area contributed by atoms with Crippen LogP contribution < -0.4 is 5.32 Å². The van der Waals surface area contributed by atoms with Crippen LogP contribution >= 0.6 is 0 Å². The third-order valence-corrected chi connectivity index (χ3v) is 4.59. The number of ether oxygens (including phenoxy) is 1. The van der Waals surface area contributed by atoms with E-state index < -0.39 is 0 Å². The van der Waals surface area contributed by atoms with E-state index in [0.29, 0.717) is 32.2 Å². The number of para-hydroxylation sites is 1. The molecule has 2 heterocycles. The average molecular weight is 371 g/mol. The molecule has 0 radical (unpaired) electrons. The lowest BCUT2D eigenvalue weighted by atomic mass is 10.1. The van der Waals surface area contributed by atoms with Gasteiger partial charge in [0.15, 0.2) is 0 Å². The zero-order chi connectivity index (χ0) is 19.1. The van der Waals surface area contributed by atoms with Crippen LogP contribution in [0, 0.1) is 5.92 Å². The molecule has 1 unspecified atom stereocenters. The predicted molar refractivity (Wildman–Crippen MR) is 105 cm³/mol. The van der Waals surface area contributed by atoms with Crippen molar-refractivity contribution in [2.45, 2.75) is 6.42 Å². The summed E-state index contributed by atoms with van der Waals surface area (Å²) in [5.41, 5.74) is 2.13. The summed E-state index contributed by atoms with van der Waals surface area (Å²) in [6.45, 7) is 4.19. The van der Waals surface area contributed by atoms with Crippen LogP contribution in [0.25, 0.3) is 5.69 Å². The molecule has 1 fully saturated rings. The maximum Gasteiger partial charge on any atom is 0.317 e. The van der Waals surface area contributed by atoms with Gasteiger partial charge in [0.2, 0.25) is 0 Å². The highest BCUT2D eigenvalue weighted by molar-refractivity contribution is 5.74. The smallest absolute Gasteiger partial charge is 0.317 e. The molecule has 1 aliphatic rings. The van der Waals surface area contributed by atoms with Gasteiger partial charge in [0.25, 0.3) is 0 Å². The third-order valence-electron chi connectivity index (χ3n) is 4.59. The number of nitrogens with one attached hydrogen (secondary N) is 1. The van der Waals surface area contributed by atoms with E-state index in [1.165, 1.54) is 0 Å². The summed E-state index contributed by atoms with van der Waals surface area (Å²) in [5.74, 6) is 0.345. The number of rotatable bonds is 6. The van der Waals surface area contributed by atoms with Crippen LogP contribution in [0.2, 0.25) is 0 Å². The Morgan fingerprint density at radius 3 is 2.93 bits per heavy atom. The SMILES string of the molecule is CN(C)CC1COCCN(C(=O)NCCc2cnn(-c3ccccc3)c2)C1. The van der Waals surface area contributed by atoms with Gasteiger partial charge in [-0.1, -0.05) is 18.2 Å². The molecule has 1 aromatic carbocycles. The van der Waals surface area contributed by atoms with Crippen LogP contribution in [0.1, 0.15) is 5.56 Å². The zero-order valence-corrected chi connectivity index (χ0v) is 16.2. The van der Waals surface area contributed by atoms with Gasteiger partial charge in [0.1, 0.15) is 0 Å². The fourth-order valence-electron chi connectivity index (χ4n) is 3.33. The summed E-state index contributed by atoms with van der Waals surface area (Å²) < 4.78 is 7.50. The predicted octanol–water partition coefficient (Wildman–Crippen LogP) is 1.63. The standard InChI is InChI=1S/C20H29N5O2/c1-23(2)13-18-14-24(10-11-27-16-18)20(26)21-9-8-17-12-22-25(15-17)19-6-4-3-5-7-19/h3-7,12,15,18H,8-11,13-14,16H2,1-2H3,(H,21,26). The van der Waals surface area contributed by atoms with Crippen molar-refractivity contribution in [3.8, 4) is 5.69 Å². The first-order valence-corrected chi connectivity index (χ1v) is 9.46. The minimum Gasteiger partial charge on any atom is -0.379 e. The fraction of sp³-hybridized carbons (Fsp3) is 0.500. The normalized spacial score (nSPS) is 17.7. The van der Waals surface area contributed by atoms with Crippen molar-refractivity contribution in [3.63, 3.8) is 0 Å². The van der Waals surface area contributed by atoms with E-state index >= 15 is 0 Å². The van der Waals surface area contributed by atoms with Crippen molar-refractivity contribution in [1.82, 2.24) is 24.9 Å². The summed E-state index contributed by atoms with van der Waals surface area (Å²) in [5, 5.41) is 7.43. The van der Waals surface area contributed by atoms with Crippen LogP contribution in [0.15, 0.2) is 42.7 Å². The molecule has 2 aromatic rings. The molecular formula is C20H29N5O2. The Labute approximate surface area is 160 Å². The second kappa shape index (κ2) is 9.53. The van der Waals surface area contributed by atoms with E-state index in [2.05, 4.69) is 15.3 Å². The van der Waals surface area contributed by atoms with Gasteiger partial charge in [-0.3, -0.25) is 0 Å². The van der Waals surface area contributed by atoms with Gasteiger partial charge in [0, 0.05) is 38.3 Å². The van der Waals surface area contributed by atoms with E-state index in [0.717, 1.165) is 30.8 Å². The average Bonchev–Trinajstić information content (AvgIpc) is 3.01. The lowest BCUT2D eigenvalue weighted by Gasteiger charge is -2.25. The van der Waals surface area contributed by atoms with Crippen LogP contribution in [-0.2, 0) is 11.2 Å². The van der Waals surface area contributed by atoms with Gasteiger partial charge < -0.3 is 19.9 Å². The highest BCUT2D eigenvalue weighted by Gasteiger charge is 2.22. The fourth-order valence-corrected chi connectivity index (χ4v) is 3.33. The molecule has 1 aliphatic heterocycles. The number of amides is 2. The Hall–Kier alpha value is -2.38. The molecule has 1 N–H and O–H groups in total. The summed E-state index contributed by atoms with van der Waals surface area (Å²) >= 11 is 0. The molecule has 2 amide bonds. The maximum absolute atomic E-state index is 12.5. The number of urea groups is 1. The minimum absolute atomic E-state index is 0.0142. The summed E-state index contributed by atoms with van der Waals surface area (Å²) in [6.07, 6.45) is 4.62. The molecule has 1 aromatic heterocycles. The Morgan fingerprint density at radius 1 is 1.33 bits per heavy atom. The topological polar surface area (TPSA) is 62.6 Å². The van der Waals surface area contributed by atoms with Crippen molar-refractivity contribution >= 4 is 6.03 Å². The number of benzene rings is 1. The highest BCUT2D eigenvalue weighted by atomic mass is 16.5. The molecule has 7 nitrogen and oxygen atoms in total. The van der Waals surface area contributed by atoms with Gasteiger partial charge >= 0.3 is 6.03 Å². The molecule has 146 valence electrons. The first-order valence-electron chi connectivity index (χ1n) is 9.46. The lowest BCUT2D eigenvalue weighted by molar-refractivity contribution is 0.112. The Balaban J connectivity index is 1.47. The molecule has 3 rings (SSSR count). The molecule has 0 bridgehead atoms. The summed E-state index contributed by atoms with van der Waals surface area (Å²) in [6, 6.07) is 9.99. The number of nitrogens with zero attached hydrogens (tertiary/aromatic N) is 4. The first-order chi connectivity index (χ1) is 13.1. The second-order valence-electron chi connectivity index (χ2n) is 7.26. The van der Waals surface area contributed by atoms with Gasteiger partial charge in [0.05, 0.1) is 25.1 Å². The molecule has 7 heteroatoms. The van der Waals surface area contributed by atoms with E-state index in [1.807, 2.05) is 66.4 Å². The van der Waals surface area contributed by atoms with Crippen LogP contribution in [0.3, 0.4) is 0 Å². The number of carbonyl (C=O) groups is 1.